The van der Waals surface area contributed by atoms with E-state index in [4.69, 9.17) is 0 Å². The smallest absolute Gasteiger partial charge is 0.329 e. The highest BCUT2D eigenvalue weighted by molar-refractivity contribution is 5.86. The maximum absolute atomic E-state index is 12.6. The van der Waals surface area contributed by atoms with Gasteiger partial charge in [-0.25, -0.2) is 4.79 Å². The van der Waals surface area contributed by atoms with Crippen molar-refractivity contribution in [2.45, 2.75) is 206 Å². The largest absolute Gasteiger partial charge is 0.480 e. The molecule has 0 heterocycles. The van der Waals surface area contributed by atoms with Crippen LogP contribution in [-0.4, -0.2) is 22.5 Å². The first kappa shape index (κ1) is 40.4. The van der Waals surface area contributed by atoms with E-state index in [1.807, 2.05) is 6.92 Å². The minimum atomic E-state index is -1.12. The van der Waals surface area contributed by atoms with Crippen LogP contribution in [0.5, 0.6) is 0 Å². The summed E-state index contributed by atoms with van der Waals surface area (Å²) >= 11 is 0. The van der Waals surface area contributed by atoms with Crippen LogP contribution < -0.4 is 5.32 Å². The molecule has 1 atom stereocenters. The predicted octanol–water partition coefficient (Wildman–Crippen LogP) is 12.0. The Kier molecular flexibility index (Phi) is 29.7. The number of rotatable bonds is 32. The van der Waals surface area contributed by atoms with E-state index < -0.39 is 11.5 Å². The Labute approximate surface area is 262 Å². The summed E-state index contributed by atoms with van der Waals surface area (Å²) in [5.41, 5.74) is -1.12. The summed E-state index contributed by atoms with van der Waals surface area (Å²) < 4.78 is 0. The Morgan fingerprint density at radius 3 is 1.26 bits per heavy atom. The van der Waals surface area contributed by atoms with Gasteiger partial charge in [0.2, 0.25) is 5.91 Å². The number of hydrogen-bond donors (Lipinski definition) is 2. The van der Waals surface area contributed by atoms with Crippen LogP contribution in [0.4, 0.5) is 0 Å². The highest BCUT2D eigenvalue weighted by Crippen LogP contribution is 2.21. The molecule has 4 nitrogen and oxygen atoms in total. The fourth-order valence-corrected chi connectivity index (χ4v) is 5.65. The lowest BCUT2D eigenvalue weighted by atomic mass is 9.88. The maximum atomic E-state index is 12.6. The second-order valence-corrected chi connectivity index (χ2v) is 12.6. The molecule has 0 aliphatic carbocycles. The first-order valence-electron chi connectivity index (χ1n) is 18.4. The number of carbonyl (C=O) groups is 2. The first-order chi connectivity index (χ1) is 20.5. The summed E-state index contributed by atoms with van der Waals surface area (Å²) in [4.78, 5) is 24.7. The molecular weight excluding hydrogens is 518 g/mol. The summed E-state index contributed by atoms with van der Waals surface area (Å²) in [5.74, 6) is -0.993. The third-order valence-corrected chi connectivity index (χ3v) is 8.67. The van der Waals surface area contributed by atoms with Gasteiger partial charge in [-0.05, 0) is 70.6 Å². The average molecular weight is 590 g/mol. The van der Waals surface area contributed by atoms with E-state index in [1.54, 1.807) is 0 Å². The van der Waals surface area contributed by atoms with Crippen molar-refractivity contribution in [3.8, 4) is 0 Å². The van der Waals surface area contributed by atoms with Crippen LogP contribution in [0.3, 0.4) is 0 Å². The zero-order valence-electron chi connectivity index (χ0n) is 28.4. The number of hydrogen-bond acceptors (Lipinski definition) is 2. The molecule has 246 valence electrons. The minimum Gasteiger partial charge on any atom is -0.480 e. The van der Waals surface area contributed by atoms with Gasteiger partial charge in [0.1, 0.15) is 5.54 Å². The van der Waals surface area contributed by atoms with Crippen LogP contribution in [0.1, 0.15) is 201 Å². The van der Waals surface area contributed by atoms with Crippen molar-refractivity contribution in [2.24, 2.45) is 0 Å². The van der Waals surface area contributed by atoms with E-state index in [-0.39, 0.29) is 5.91 Å². The molecule has 0 aliphatic heterocycles. The van der Waals surface area contributed by atoms with Crippen LogP contribution in [0.25, 0.3) is 0 Å². The quantitative estimate of drug-likeness (QED) is 0.0606. The monoisotopic (exact) mass is 590 g/mol. The Bertz CT molecular complexity index is 671. The number of allylic oxidation sites excluding steroid dienone is 4. The highest BCUT2D eigenvalue weighted by atomic mass is 16.4. The van der Waals surface area contributed by atoms with Gasteiger partial charge in [0.15, 0.2) is 0 Å². The van der Waals surface area contributed by atoms with E-state index >= 15 is 0 Å². The van der Waals surface area contributed by atoms with Crippen molar-refractivity contribution < 1.29 is 14.7 Å². The predicted molar refractivity (Wildman–Crippen MR) is 183 cm³/mol. The molecule has 0 radical (unpaired) electrons. The lowest BCUT2D eigenvalue weighted by molar-refractivity contribution is -0.148. The fourth-order valence-electron chi connectivity index (χ4n) is 5.65. The molecule has 0 spiro atoms. The minimum absolute atomic E-state index is 0.104. The van der Waals surface area contributed by atoms with Crippen LogP contribution in [0, 0.1) is 0 Å². The van der Waals surface area contributed by atoms with Gasteiger partial charge in [0.25, 0.3) is 0 Å². The zero-order valence-corrected chi connectivity index (χ0v) is 28.4. The average Bonchev–Trinajstić information content (AvgIpc) is 2.98. The molecule has 0 saturated heterocycles. The molecule has 42 heavy (non-hydrogen) atoms. The summed E-state index contributed by atoms with van der Waals surface area (Å²) in [6, 6.07) is 0. The normalized spacial score (nSPS) is 13.2. The third-order valence-electron chi connectivity index (χ3n) is 8.67. The van der Waals surface area contributed by atoms with Gasteiger partial charge in [-0.3, -0.25) is 4.79 Å². The van der Waals surface area contributed by atoms with Crippen LogP contribution in [0.2, 0.25) is 0 Å². The Morgan fingerprint density at radius 2 is 0.881 bits per heavy atom. The number of carboxylic acids is 1. The topological polar surface area (TPSA) is 66.4 Å². The van der Waals surface area contributed by atoms with Crippen LogP contribution >= 0.6 is 0 Å². The lowest BCUT2D eigenvalue weighted by Crippen LogP contribution is -2.54. The van der Waals surface area contributed by atoms with E-state index in [9.17, 15) is 14.7 Å². The molecule has 0 aromatic heterocycles. The Morgan fingerprint density at radius 1 is 0.524 bits per heavy atom. The molecule has 0 rings (SSSR count). The molecule has 0 bridgehead atoms. The second-order valence-electron chi connectivity index (χ2n) is 12.6. The molecule has 4 heteroatoms. The SMILES string of the molecule is CCCCCCCC/C=C\CCCCCCCC(=O)NC(CC)(CCCCCC/C=C\CCCCCCCC)C(=O)O. The third kappa shape index (κ3) is 25.0. The van der Waals surface area contributed by atoms with Gasteiger partial charge in [-0.15, -0.1) is 0 Å². The van der Waals surface area contributed by atoms with Gasteiger partial charge in [-0.2, -0.15) is 0 Å². The molecule has 0 fully saturated rings. The summed E-state index contributed by atoms with van der Waals surface area (Å²) in [7, 11) is 0. The number of carboxylic acid groups (broad SMARTS) is 1. The number of unbranched alkanes of at least 4 members (excludes halogenated alkanes) is 21. The Hall–Kier alpha value is -1.58. The van der Waals surface area contributed by atoms with E-state index in [0.29, 0.717) is 19.3 Å². The summed E-state index contributed by atoms with van der Waals surface area (Å²) in [6.07, 6.45) is 41.2. The number of amides is 1. The van der Waals surface area contributed by atoms with E-state index in [2.05, 4.69) is 43.5 Å². The van der Waals surface area contributed by atoms with Crippen LogP contribution in [-0.2, 0) is 9.59 Å². The zero-order chi connectivity index (χ0) is 31.0. The van der Waals surface area contributed by atoms with Crippen molar-refractivity contribution in [3.05, 3.63) is 24.3 Å². The molecule has 0 aromatic carbocycles. The van der Waals surface area contributed by atoms with Crippen molar-refractivity contribution in [1.82, 2.24) is 5.32 Å². The summed E-state index contributed by atoms with van der Waals surface area (Å²) in [6.45, 7) is 6.40. The molecule has 0 aromatic rings. The molecule has 2 N–H and O–H groups in total. The second kappa shape index (κ2) is 30.9. The van der Waals surface area contributed by atoms with Gasteiger partial charge >= 0.3 is 5.97 Å². The molecular formula is C38H71NO3. The van der Waals surface area contributed by atoms with Crippen molar-refractivity contribution >= 4 is 11.9 Å². The van der Waals surface area contributed by atoms with Gasteiger partial charge in [0, 0.05) is 6.42 Å². The molecule has 1 amide bonds. The fraction of sp³-hybridized carbons (Fsp3) is 0.842. The van der Waals surface area contributed by atoms with Crippen molar-refractivity contribution in [2.75, 3.05) is 0 Å². The van der Waals surface area contributed by atoms with E-state index in [0.717, 1.165) is 57.8 Å². The van der Waals surface area contributed by atoms with Crippen molar-refractivity contribution in [1.29, 1.82) is 0 Å². The standard InChI is InChI=1S/C38H71NO3/c1-4-7-9-11-13-15-17-19-21-22-24-26-28-30-32-34-36(40)39-38(6-3,37(41)42)35-33-31-29-27-25-23-20-18-16-14-12-10-8-5-2/h19-21,23H,4-18,22,24-35H2,1-3H3,(H,39,40)(H,41,42)/b21-19-,23-20-. The molecule has 1 unspecified atom stereocenters. The van der Waals surface area contributed by atoms with Gasteiger partial charge < -0.3 is 10.4 Å². The molecule has 0 saturated carbocycles. The van der Waals surface area contributed by atoms with E-state index in [1.165, 1.54) is 103 Å². The van der Waals surface area contributed by atoms with Crippen LogP contribution in [0.15, 0.2) is 24.3 Å². The molecule has 0 aliphatic rings. The Balaban J connectivity index is 3.90. The summed E-state index contributed by atoms with van der Waals surface area (Å²) in [5, 5.41) is 12.9. The van der Waals surface area contributed by atoms with Gasteiger partial charge in [-0.1, -0.05) is 148 Å². The number of aliphatic carboxylic acids is 1. The van der Waals surface area contributed by atoms with Gasteiger partial charge in [0.05, 0.1) is 0 Å². The number of nitrogens with one attached hydrogen (secondary N) is 1. The maximum Gasteiger partial charge on any atom is 0.329 e. The number of carbonyl (C=O) groups excluding carboxylic acids is 1. The van der Waals surface area contributed by atoms with Crippen molar-refractivity contribution in [3.63, 3.8) is 0 Å². The highest BCUT2D eigenvalue weighted by Gasteiger charge is 2.37. The lowest BCUT2D eigenvalue weighted by Gasteiger charge is -2.29. The first-order valence-corrected chi connectivity index (χ1v) is 18.4.